The Morgan fingerprint density at radius 2 is 2.00 bits per heavy atom. The van der Waals surface area contributed by atoms with Crippen LogP contribution in [0.4, 0.5) is 0 Å². The van der Waals surface area contributed by atoms with Crippen molar-refractivity contribution >= 4 is 28.7 Å². The van der Waals surface area contributed by atoms with Crippen molar-refractivity contribution < 1.29 is 4.79 Å². The second-order valence-corrected chi connectivity index (χ2v) is 7.41. The molecule has 6 heteroatoms. The largest absolute Gasteiger partial charge is 0.331 e. The summed E-state index contributed by atoms with van der Waals surface area (Å²) in [6.07, 6.45) is 5.93. The predicted octanol–water partition coefficient (Wildman–Crippen LogP) is 5.33. The molecule has 5 nitrogen and oxygen atoms in total. The number of nitrogens with zero attached hydrogens (tertiary/aromatic N) is 4. The van der Waals surface area contributed by atoms with Crippen LogP contribution in [0.25, 0.3) is 11.2 Å². The van der Waals surface area contributed by atoms with Crippen LogP contribution in [0, 0.1) is 0 Å². The number of unbranched alkanes of at least 4 members (excludes halogenated alkanes) is 2. The lowest BCUT2D eigenvalue weighted by Crippen LogP contribution is -2.32. The van der Waals surface area contributed by atoms with Crippen molar-refractivity contribution in [1.82, 2.24) is 19.4 Å². The summed E-state index contributed by atoms with van der Waals surface area (Å²) < 4.78 is 2.13. The third kappa shape index (κ3) is 4.71. The molecule has 0 aliphatic heterocycles. The van der Waals surface area contributed by atoms with Gasteiger partial charge in [-0.1, -0.05) is 44.4 Å². The van der Waals surface area contributed by atoms with Gasteiger partial charge in [0.1, 0.15) is 11.3 Å². The van der Waals surface area contributed by atoms with Crippen molar-refractivity contribution in [2.75, 3.05) is 6.54 Å². The number of aryl methyl sites for hydroxylation is 1. The normalized spacial score (nSPS) is 11.1. The number of benzene rings is 1. The number of aromatic nitrogens is 3. The van der Waals surface area contributed by atoms with Crippen LogP contribution in [-0.4, -0.2) is 31.9 Å². The number of pyridine rings is 1. The summed E-state index contributed by atoms with van der Waals surface area (Å²) in [5.74, 6) is 0.865. The maximum Gasteiger partial charge on any atom is 0.254 e. The van der Waals surface area contributed by atoms with Gasteiger partial charge in [0.05, 0.1) is 6.54 Å². The fraction of sp³-hybridized carbons (Fsp3) is 0.409. The average molecular weight is 399 g/mol. The van der Waals surface area contributed by atoms with Crippen LogP contribution in [0.3, 0.4) is 0 Å². The maximum absolute atomic E-state index is 13.2. The van der Waals surface area contributed by atoms with E-state index in [1.54, 1.807) is 18.3 Å². The molecule has 0 unspecified atom stereocenters. The van der Waals surface area contributed by atoms with E-state index in [1.807, 2.05) is 29.2 Å². The average Bonchev–Trinajstić information content (AvgIpc) is 3.04. The van der Waals surface area contributed by atoms with E-state index in [2.05, 4.69) is 23.4 Å². The van der Waals surface area contributed by atoms with Gasteiger partial charge in [0.25, 0.3) is 5.91 Å². The van der Waals surface area contributed by atoms with Gasteiger partial charge in [-0.3, -0.25) is 4.79 Å². The Labute approximate surface area is 171 Å². The van der Waals surface area contributed by atoms with Gasteiger partial charge in [-0.25, -0.2) is 9.97 Å². The minimum Gasteiger partial charge on any atom is -0.331 e. The zero-order chi connectivity index (χ0) is 19.9. The zero-order valence-corrected chi connectivity index (χ0v) is 17.3. The van der Waals surface area contributed by atoms with Gasteiger partial charge in [-0.15, -0.1) is 0 Å². The van der Waals surface area contributed by atoms with Gasteiger partial charge in [-0.05, 0) is 43.2 Å². The van der Waals surface area contributed by atoms with Crippen molar-refractivity contribution in [3.05, 3.63) is 59.0 Å². The van der Waals surface area contributed by atoms with E-state index in [-0.39, 0.29) is 5.91 Å². The van der Waals surface area contributed by atoms with E-state index in [0.717, 1.165) is 49.2 Å². The highest BCUT2D eigenvalue weighted by atomic mass is 35.5. The highest BCUT2D eigenvalue weighted by molar-refractivity contribution is 6.30. The van der Waals surface area contributed by atoms with E-state index in [0.29, 0.717) is 23.7 Å². The zero-order valence-electron chi connectivity index (χ0n) is 16.6. The summed E-state index contributed by atoms with van der Waals surface area (Å²) >= 11 is 6.11. The number of fused-ring (bicyclic) bond motifs is 1. The van der Waals surface area contributed by atoms with Crippen molar-refractivity contribution in [3.8, 4) is 0 Å². The van der Waals surface area contributed by atoms with Crippen molar-refractivity contribution in [1.29, 1.82) is 0 Å². The Morgan fingerprint density at radius 3 is 2.75 bits per heavy atom. The van der Waals surface area contributed by atoms with Crippen LogP contribution < -0.4 is 0 Å². The van der Waals surface area contributed by atoms with E-state index < -0.39 is 0 Å². The van der Waals surface area contributed by atoms with E-state index in [1.165, 1.54) is 0 Å². The molecule has 1 amide bonds. The number of carbonyl (C=O) groups excluding carboxylic acids is 1. The molecule has 0 radical (unpaired) electrons. The Hall–Kier alpha value is -2.40. The molecule has 2 heterocycles. The summed E-state index contributed by atoms with van der Waals surface area (Å²) in [7, 11) is 0. The Kier molecular flexibility index (Phi) is 7.04. The quantitative estimate of drug-likeness (QED) is 0.458. The first kappa shape index (κ1) is 20.3. The van der Waals surface area contributed by atoms with Gasteiger partial charge in [0, 0.05) is 29.9 Å². The highest BCUT2D eigenvalue weighted by Gasteiger charge is 2.20. The second-order valence-electron chi connectivity index (χ2n) is 6.97. The Bertz CT molecular complexity index is 937. The van der Waals surface area contributed by atoms with Crippen LogP contribution in [0.5, 0.6) is 0 Å². The Morgan fingerprint density at radius 1 is 1.14 bits per heavy atom. The first-order chi connectivity index (χ1) is 13.6. The van der Waals surface area contributed by atoms with E-state index in [4.69, 9.17) is 16.6 Å². The molecule has 2 aromatic heterocycles. The molecule has 0 N–H and O–H groups in total. The standard InChI is InChI=1S/C22H27ClN4O/c1-3-5-6-14-26(22(28)17-9-7-10-18(23)15-17)16-20-25-19-11-8-12-24-21(19)27(20)13-4-2/h7-12,15H,3-6,13-14,16H2,1-2H3. The smallest absolute Gasteiger partial charge is 0.254 e. The number of halogens is 1. The Balaban J connectivity index is 1.92. The molecule has 0 saturated carbocycles. The summed E-state index contributed by atoms with van der Waals surface area (Å²) in [5.41, 5.74) is 2.36. The fourth-order valence-electron chi connectivity index (χ4n) is 3.36. The second kappa shape index (κ2) is 9.69. The van der Waals surface area contributed by atoms with E-state index >= 15 is 0 Å². The number of amides is 1. The van der Waals surface area contributed by atoms with E-state index in [9.17, 15) is 4.79 Å². The van der Waals surface area contributed by atoms with Crippen molar-refractivity contribution in [2.45, 2.75) is 52.6 Å². The molecular weight excluding hydrogens is 372 g/mol. The summed E-state index contributed by atoms with van der Waals surface area (Å²) in [4.78, 5) is 24.3. The topological polar surface area (TPSA) is 51.0 Å². The van der Waals surface area contributed by atoms with Gasteiger partial charge >= 0.3 is 0 Å². The molecular formula is C22H27ClN4O. The lowest BCUT2D eigenvalue weighted by Gasteiger charge is -2.23. The number of imidazole rings is 1. The third-order valence-corrected chi connectivity index (χ3v) is 4.99. The molecule has 0 fully saturated rings. The third-order valence-electron chi connectivity index (χ3n) is 4.75. The molecule has 0 atom stereocenters. The molecule has 1 aromatic carbocycles. The predicted molar refractivity (Wildman–Crippen MR) is 114 cm³/mol. The number of hydrogen-bond donors (Lipinski definition) is 0. The molecule has 3 rings (SSSR count). The molecule has 0 aliphatic carbocycles. The van der Waals surface area contributed by atoms with Crippen molar-refractivity contribution in [2.24, 2.45) is 0 Å². The minimum absolute atomic E-state index is 0.0123. The first-order valence-electron chi connectivity index (χ1n) is 9.99. The SMILES string of the molecule is CCCCCN(Cc1nc2cccnc2n1CCC)C(=O)c1cccc(Cl)c1. The molecule has 28 heavy (non-hydrogen) atoms. The van der Waals surface area contributed by atoms with Crippen LogP contribution in [0.15, 0.2) is 42.6 Å². The number of carbonyl (C=O) groups is 1. The number of rotatable bonds is 9. The number of hydrogen-bond acceptors (Lipinski definition) is 3. The lowest BCUT2D eigenvalue weighted by atomic mass is 10.1. The molecule has 148 valence electrons. The van der Waals surface area contributed by atoms with Crippen LogP contribution >= 0.6 is 11.6 Å². The molecule has 0 spiro atoms. The van der Waals surface area contributed by atoms with Gasteiger partial charge < -0.3 is 9.47 Å². The monoisotopic (exact) mass is 398 g/mol. The van der Waals surface area contributed by atoms with Gasteiger partial charge in [0.15, 0.2) is 5.65 Å². The fourth-order valence-corrected chi connectivity index (χ4v) is 3.55. The lowest BCUT2D eigenvalue weighted by molar-refractivity contribution is 0.0734. The van der Waals surface area contributed by atoms with Crippen molar-refractivity contribution in [3.63, 3.8) is 0 Å². The van der Waals surface area contributed by atoms with Gasteiger partial charge in [-0.2, -0.15) is 0 Å². The van der Waals surface area contributed by atoms with Crippen LogP contribution in [-0.2, 0) is 13.1 Å². The van der Waals surface area contributed by atoms with Crippen LogP contribution in [0.1, 0.15) is 55.7 Å². The summed E-state index contributed by atoms with van der Waals surface area (Å²) in [6.45, 7) is 6.29. The summed E-state index contributed by atoms with van der Waals surface area (Å²) in [6, 6.07) is 11.0. The first-order valence-corrected chi connectivity index (χ1v) is 10.4. The molecule has 0 saturated heterocycles. The van der Waals surface area contributed by atoms with Gasteiger partial charge in [0.2, 0.25) is 0 Å². The highest BCUT2D eigenvalue weighted by Crippen LogP contribution is 2.19. The molecule has 0 aliphatic rings. The maximum atomic E-state index is 13.2. The summed E-state index contributed by atoms with van der Waals surface area (Å²) in [5, 5.41) is 0.571. The molecule has 0 bridgehead atoms. The minimum atomic E-state index is -0.0123. The molecule has 3 aromatic rings. The van der Waals surface area contributed by atoms with Crippen LogP contribution in [0.2, 0.25) is 5.02 Å².